The van der Waals surface area contributed by atoms with Crippen LogP contribution in [0.5, 0.6) is 11.5 Å². The summed E-state index contributed by atoms with van der Waals surface area (Å²) in [6, 6.07) is 13.5. The van der Waals surface area contributed by atoms with Crippen molar-refractivity contribution in [1.82, 2.24) is 5.32 Å². The second-order valence-corrected chi connectivity index (χ2v) is 8.15. The topological polar surface area (TPSA) is 30.5 Å². The molecule has 2 aromatic rings. The third kappa shape index (κ3) is 3.81. The lowest BCUT2D eigenvalue weighted by Gasteiger charge is -2.42. The minimum absolute atomic E-state index is 0.342. The van der Waals surface area contributed by atoms with Crippen LogP contribution in [0.4, 0.5) is 0 Å². The van der Waals surface area contributed by atoms with E-state index in [1.807, 2.05) is 12.1 Å². The minimum atomic E-state index is 0.342. The molecule has 2 aromatic carbocycles. The van der Waals surface area contributed by atoms with Crippen molar-refractivity contribution in [1.29, 1.82) is 0 Å². The molecule has 144 valence electrons. The van der Waals surface area contributed by atoms with E-state index in [4.69, 9.17) is 21.1 Å². The number of benzene rings is 2. The molecular weight excluding hydrogens is 358 g/mol. The van der Waals surface area contributed by atoms with Crippen LogP contribution in [0.25, 0.3) is 0 Å². The zero-order valence-corrected chi connectivity index (χ0v) is 16.9. The van der Waals surface area contributed by atoms with E-state index in [-0.39, 0.29) is 0 Å². The minimum Gasteiger partial charge on any atom is -0.493 e. The van der Waals surface area contributed by atoms with E-state index in [9.17, 15) is 0 Å². The van der Waals surface area contributed by atoms with Crippen molar-refractivity contribution >= 4 is 11.6 Å². The van der Waals surface area contributed by atoms with E-state index in [0.717, 1.165) is 29.4 Å². The van der Waals surface area contributed by atoms with Gasteiger partial charge in [-0.15, -0.1) is 0 Å². The van der Waals surface area contributed by atoms with Gasteiger partial charge in [0.05, 0.1) is 14.2 Å². The van der Waals surface area contributed by atoms with Crippen LogP contribution in [0.15, 0.2) is 36.4 Å². The predicted octanol–water partition coefficient (Wildman–Crippen LogP) is 5.66. The van der Waals surface area contributed by atoms with E-state index < -0.39 is 0 Å². The van der Waals surface area contributed by atoms with Gasteiger partial charge < -0.3 is 14.8 Å². The Bertz CT molecular complexity index is 790. The van der Waals surface area contributed by atoms with Crippen molar-refractivity contribution in [3.63, 3.8) is 0 Å². The summed E-state index contributed by atoms with van der Waals surface area (Å²) in [7, 11) is 3.44. The number of hydrogen-bond donors (Lipinski definition) is 1. The highest BCUT2D eigenvalue weighted by Gasteiger charge is 2.36. The Labute approximate surface area is 167 Å². The van der Waals surface area contributed by atoms with E-state index in [2.05, 4.69) is 29.6 Å². The fourth-order valence-corrected chi connectivity index (χ4v) is 4.91. The molecule has 0 spiro atoms. The lowest BCUT2D eigenvalue weighted by atomic mass is 9.73. The smallest absolute Gasteiger partial charge is 0.161 e. The Morgan fingerprint density at radius 1 is 0.963 bits per heavy atom. The number of ether oxygens (including phenoxy) is 2. The van der Waals surface area contributed by atoms with Crippen LogP contribution in [0.2, 0.25) is 5.02 Å². The van der Waals surface area contributed by atoms with Crippen molar-refractivity contribution in [3.05, 3.63) is 58.1 Å². The SMILES string of the molecule is COc1cc2c(cc1OC)C1CCCCC1NC2CCc1ccc(Cl)cc1. The molecule has 1 aliphatic heterocycles. The third-order valence-electron chi connectivity index (χ3n) is 6.18. The highest BCUT2D eigenvalue weighted by molar-refractivity contribution is 6.30. The van der Waals surface area contributed by atoms with Crippen LogP contribution in [-0.2, 0) is 6.42 Å². The van der Waals surface area contributed by atoms with Crippen molar-refractivity contribution in [2.75, 3.05) is 14.2 Å². The van der Waals surface area contributed by atoms with E-state index in [0.29, 0.717) is 18.0 Å². The number of fused-ring (bicyclic) bond motifs is 3. The fraction of sp³-hybridized carbons (Fsp3) is 0.478. The fourth-order valence-electron chi connectivity index (χ4n) is 4.79. The zero-order valence-electron chi connectivity index (χ0n) is 16.1. The lowest BCUT2D eigenvalue weighted by Crippen LogP contribution is -2.44. The molecule has 1 saturated carbocycles. The molecule has 3 nitrogen and oxygen atoms in total. The normalized spacial score (nSPS) is 24.0. The van der Waals surface area contributed by atoms with Gasteiger partial charge in [-0.1, -0.05) is 36.6 Å². The molecule has 4 rings (SSSR count). The van der Waals surface area contributed by atoms with Gasteiger partial charge in [-0.3, -0.25) is 0 Å². The van der Waals surface area contributed by atoms with Gasteiger partial charge >= 0.3 is 0 Å². The average Bonchev–Trinajstić information content (AvgIpc) is 2.72. The molecule has 3 atom stereocenters. The summed E-state index contributed by atoms with van der Waals surface area (Å²) in [5, 5.41) is 4.75. The number of hydrogen-bond acceptors (Lipinski definition) is 3. The maximum atomic E-state index is 6.03. The average molecular weight is 386 g/mol. The van der Waals surface area contributed by atoms with Gasteiger partial charge in [-0.2, -0.15) is 0 Å². The Morgan fingerprint density at radius 3 is 2.33 bits per heavy atom. The number of nitrogens with one attached hydrogen (secondary N) is 1. The summed E-state index contributed by atoms with van der Waals surface area (Å²) in [6.45, 7) is 0. The molecule has 1 heterocycles. The zero-order chi connectivity index (χ0) is 18.8. The first-order valence-electron chi connectivity index (χ1n) is 9.96. The van der Waals surface area contributed by atoms with Crippen LogP contribution in [0.1, 0.15) is 60.8 Å². The number of halogens is 1. The quantitative estimate of drug-likeness (QED) is 0.720. The van der Waals surface area contributed by atoms with Crippen LogP contribution < -0.4 is 14.8 Å². The Kier molecular flexibility index (Phi) is 5.60. The summed E-state index contributed by atoms with van der Waals surface area (Å²) < 4.78 is 11.2. The number of methoxy groups -OCH3 is 2. The van der Waals surface area contributed by atoms with Gasteiger partial charge in [0.1, 0.15) is 0 Å². The summed E-state index contributed by atoms with van der Waals surface area (Å²) >= 11 is 6.03. The second kappa shape index (κ2) is 8.12. The molecule has 1 N–H and O–H groups in total. The summed E-state index contributed by atoms with van der Waals surface area (Å²) in [5.74, 6) is 2.25. The highest BCUT2D eigenvalue weighted by Crippen LogP contribution is 2.46. The summed E-state index contributed by atoms with van der Waals surface area (Å²) in [5.41, 5.74) is 4.16. The van der Waals surface area contributed by atoms with Crippen molar-refractivity contribution in [3.8, 4) is 11.5 Å². The molecule has 4 heteroatoms. The van der Waals surface area contributed by atoms with Crippen molar-refractivity contribution in [2.24, 2.45) is 0 Å². The lowest BCUT2D eigenvalue weighted by molar-refractivity contribution is 0.267. The molecule has 27 heavy (non-hydrogen) atoms. The second-order valence-electron chi connectivity index (χ2n) is 7.72. The Morgan fingerprint density at radius 2 is 1.63 bits per heavy atom. The molecule has 1 aliphatic carbocycles. The maximum Gasteiger partial charge on any atom is 0.161 e. The number of rotatable bonds is 5. The first kappa shape index (κ1) is 18.6. The molecule has 3 unspecified atom stereocenters. The Hall–Kier alpha value is -1.71. The van der Waals surface area contributed by atoms with Crippen molar-refractivity contribution < 1.29 is 9.47 Å². The molecule has 0 saturated heterocycles. The van der Waals surface area contributed by atoms with Gasteiger partial charge in [-0.25, -0.2) is 0 Å². The molecule has 0 bridgehead atoms. The van der Waals surface area contributed by atoms with Gasteiger partial charge in [0.25, 0.3) is 0 Å². The summed E-state index contributed by atoms with van der Waals surface area (Å²) in [4.78, 5) is 0. The maximum absolute atomic E-state index is 6.03. The first-order valence-corrected chi connectivity index (χ1v) is 10.3. The van der Waals surface area contributed by atoms with Crippen molar-refractivity contribution in [2.45, 2.75) is 56.5 Å². The monoisotopic (exact) mass is 385 g/mol. The molecular formula is C23H28ClNO2. The van der Waals surface area contributed by atoms with Crippen LogP contribution in [0.3, 0.4) is 0 Å². The standard InChI is InChI=1S/C23H28ClNO2/c1-26-22-13-18-17-5-3-4-6-20(17)25-21(19(18)14-23(22)27-2)12-9-15-7-10-16(24)11-8-15/h7-8,10-11,13-14,17,20-21,25H,3-6,9,12H2,1-2H3. The molecule has 1 fully saturated rings. The van der Waals surface area contributed by atoms with Gasteiger partial charge in [0.2, 0.25) is 0 Å². The highest BCUT2D eigenvalue weighted by atomic mass is 35.5. The molecule has 0 radical (unpaired) electrons. The molecule has 0 aromatic heterocycles. The summed E-state index contributed by atoms with van der Waals surface area (Å²) in [6.07, 6.45) is 7.24. The van der Waals surface area contributed by atoms with Gasteiger partial charge in [0, 0.05) is 17.1 Å². The van der Waals surface area contributed by atoms with E-state index >= 15 is 0 Å². The third-order valence-corrected chi connectivity index (χ3v) is 6.43. The van der Waals surface area contributed by atoms with Gasteiger partial charge in [0.15, 0.2) is 11.5 Å². The Balaban J connectivity index is 1.64. The van der Waals surface area contributed by atoms with Crippen LogP contribution in [0, 0.1) is 0 Å². The van der Waals surface area contributed by atoms with E-state index in [1.165, 1.54) is 42.4 Å². The van der Waals surface area contributed by atoms with Crippen LogP contribution >= 0.6 is 11.6 Å². The predicted molar refractivity (Wildman–Crippen MR) is 110 cm³/mol. The molecule has 0 amide bonds. The largest absolute Gasteiger partial charge is 0.493 e. The molecule has 2 aliphatic rings. The van der Waals surface area contributed by atoms with E-state index in [1.54, 1.807) is 14.2 Å². The van der Waals surface area contributed by atoms with Crippen LogP contribution in [-0.4, -0.2) is 20.3 Å². The van der Waals surface area contributed by atoms with Gasteiger partial charge in [-0.05, 0) is 72.6 Å². The number of aryl methyl sites for hydroxylation is 1. The first-order chi connectivity index (χ1) is 13.2.